The van der Waals surface area contributed by atoms with Crippen molar-refractivity contribution in [3.63, 3.8) is 0 Å². The molecule has 3 nitrogen and oxygen atoms in total. The SMILES string of the molecule is CCN(C(C)CC(=O)O)C1CCC(c2ccccc2)CC1. The Hall–Kier alpha value is -1.35. The maximum atomic E-state index is 10.9. The highest BCUT2D eigenvalue weighted by atomic mass is 16.4. The molecule has 0 aromatic heterocycles. The fourth-order valence-electron chi connectivity index (χ4n) is 3.77. The van der Waals surface area contributed by atoms with Crippen LogP contribution in [0, 0.1) is 0 Å². The van der Waals surface area contributed by atoms with Crippen molar-refractivity contribution in [1.29, 1.82) is 0 Å². The highest BCUT2D eigenvalue weighted by Gasteiger charge is 2.28. The number of rotatable bonds is 6. The molecule has 0 bridgehead atoms. The zero-order chi connectivity index (χ0) is 15.2. The van der Waals surface area contributed by atoms with E-state index in [9.17, 15) is 4.79 Å². The lowest BCUT2D eigenvalue weighted by Gasteiger charge is -2.39. The van der Waals surface area contributed by atoms with Crippen LogP contribution in [0.15, 0.2) is 30.3 Å². The maximum Gasteiger partial charge on any atom is 0.304 e. The summed E-state index contributed by atoms with van der Waals surface area (Å²) in [6.45, 7) is 5.12. The summed E-state index contributed by atoms with van der Waals surface area (Å²) in [6.07, 6.45) is 5.02. The molecular formula is C18H27NO2. The van der Waals surface area contributed by atoms with Gasteiger partial charge < -0.3 is 5.11 Å². The van der Waals surface area contributed by atoms with Crippen LogP contribution in [-0.2, 0) is 4.79 Å². The van der Waals surface area contributed by atoms with Gasteiger partial charge in [-0.1, -0.05) is 37.3 Å². The summed E-state index contributed by atoms with van der Waals surface area (Å²) in [6, 6.07) is 11.5. The van der Waals surface area contributed by atoms with E-state index in [0.29, 0.717) is 12.0 Å². The molecule has 1 aromatic rings. The number of benzene rings is 1. The van der Waals surface area contributed by atoms with Gasteiger partial charge in [0.15, 0.2) is 0 Å². The maximum absolute atomic E-state index is 10.9. The van der Waals surface area contributed by atoms with Crippen LogP contribution in [0.3, 0.4) is 0 Å². The topological polar surface area (TPSA) is 40.5 Å². The zero-order valence-corrected chi connectivity index (χ0v) is 13.2. The summed E-state index contributed by atoms with van der Waals surface area (Å²) in [7, 11) is 0. The Morgan fingerprint density at radius 1 is 1.24 bits per heavy atom. The zero-order valence-electron chi connectivity index (χ0n) is 13.2. The van der Waals surface area contributed by atoms with E-state index < -0.39 is 5.97 Å². The van der Waals surface area contributed by atoms with Crippen molar-refractivity contribution >= 4 is 5.97 Å². The van der Waals surface area contributed by atoms with Crippen molar-refractivity contribution in [2.75, 3.05) is 6.54 Å². The van der Waals surface area contributed by atoms with Gasteiger partial charge in [0, 0.05) is 12.1 Å². The van der Waals surface area contributed by atoms with Gasteiger partial charge in [-0.25, -0.2) is 0 Å². The first kappa shape index (κ1) is 16.0. The molecule has 0 radical (unpaired) electrons. The fraction of sp³-hybridized carbons (Fsp3) is 0.611. The van der Waals surface area contributed by atoms with Crippen LogP contribution in [0.2, 0.25) is 0 Å². The number of carboxylic acid groups (broad SMARTS) is 1. The van der Waals surface area contributed by atoms with Crippen LogP contribution in [0.5, 0.6) is 0 Å². The quantitative estimate of drug-likeness (QED) is 0.863. The normalized spacial score (nSPS) is 24.0. The summed E-state index contributed by atoms with van der Waals surface area (Å²) in [5, 5.41) is 8.99. The van der Waals surface area contributed by atoms with E-state index in [-0.39, 0.29) is 12.5 Å². The molecule has 1 unspecified atom stereocenters. The van der Waals surface area contributed by atoms with Crippen LogP contribution >= 0.6 is 0 Å². The smallest absolute Gasteiger partial charge is 0.304 e. The summed E-state index contributed by atoms with van der Waals surface area (Å²) in [5.41, 5.74) is 1.46. The summed E-state index contributed by atoms with van der Waals surface area (Å²) >= 11 is 0. The highest BCUT2D eigenvalue weighted by molar-refractivity contribution is 5.67. The predicted molar refractivity (Wildman–Crippen MR) is 85.5 cm³/mol. The van der Waals surface area contributed by atoms with Gasteiger partial charge in [0.1, 0.15) is 0 Å². The minimum absolute atomic E-state index is 0.130. The predicted octanol–water partition coefficient (Wildman–Crippen LogP) is 3.90. The monoisotopic (exact) mass is 289 g/mol. The van der Waals surface area contributed by atoms with Crippen molar-refractivity contribution in [2.24, 2.45) is 0 Å². The van der Waals surface area contributed by atoms with Crippen molar-refractivity contribution in [1.82, 2.24) is 4.90 Å². The lowest BCUT2D eigenvalue weighted by Crippen LogP contribution is -2.44. The van der Waals surface area contributed by atoms with Crippen LogP contribution < -0.4 is 0 Å². The van der Waals surface area contributed by atoms with Crippen molar-refractivity contribution in [3.8, 4) is 0 Å². The Morgan fingerprint density at radius 2 is 1.86 bits per heavy atom. The second-order valence-electron chi connectivity index (χ2n) is 6.19. The fourth-order valence-corrected chi connectivity index (χ4v) is 3.77. The standard InChI is InChI=1S/C18H27NO2/c1-3-19(14(2)13-18(20)21)17-11-9-16(10-12-17)15-7-5-4-6-8-15/h4-8,14,16-17H,3,9-13H2,1-2H3,(H,20,21). The number of carbonyl (C=O) groups is 1. The van der Waals surface area contributed by atoms with Gasteiger partial charge in [-0.05, 0) is 50.6 Å². The minimum Gasteiger partial charge on any atom is -0.481 e. The molecule has 1 aliphatic carbocycles. The van der Waals surface area contributed by atoms with Gasteiger partial charge in [-0.3, -0.25) is 9.69 Å². The van der Waals surface area contributed by atoms with Crippen LogP contribution in [0.4, 0.5) is 0 Å². The molecule has 1 N–H and O–H groups in total. The number of carboxylic acids is 1. The average Bonchev–Trinajstić information content (AvgIpc) is 2.49. The average molecular weight is 289 g/mol. The van der Waals surface area contributed by atoms with Crippen molar-refractivity contribution in [2.45, 2.75) is 64.0 Å². The molecule has 0 heterocycles. The molecule has 2 rings (SSSR count). The molecule has 1 aromatic carbocycles. The van der Waals surface area contributed by atoms with Crippen molar-refractivity contribution < 1.29 is 9.90 Å². The second-order valence-corrected chi connectivity index (χ2v) is 6.19. The lowest BCUT2D eigenvalue weighted by atomic mass is 9.81. The summed E-state index contributed by atoms with van der Waals surface area (Å²) in [5.74, 6) is -0.0187. The summed E-state index contributed by atoms with van der Waals surface area (Å²) in [4.78, 5) is 13.3. The van der Waals surface area contributed by atoms with Gasteiger partial charge in [0.05, 0.1) is 6.42 Å². The first-order chi connectivity index (χ1) is 10.1. The van der Waals surface area contributed by atoms with Gasteiger partial charge in [0.25, 0.3) is 0 Å². The molecule has 1 saturated carbocycles. The minimum atomic E-state index is -0.695. The van der Waals surface area contributed by atoms with E-state index in [1.165, 1.54) is 31.2 Å². The van der Waals surface area contributed by atoms with Crippen LogP contribution in [-0.4, -0.2) is 34.6 Å². The van der Waals surface area contributed by atoms with Crippen LogP contribution in [0.25, 0.3) is 0 Å². The Balaban J connectivity index is 1.91. The molecule has 0 aliphatic heterocycles. The van der Waals surface area contributed by atoms with Gasteiger partial charge >= 0.3 is 5.97 Å². The Morgan fingerprint density at radius 3 is 2.38 bits per heavy atom. The molecule has 1 atom stereocenters. The van der Waals surface area contributed by atoms with E-state index in [4.69, 9.17) is 5.11 Å². The highest BCUT2D eigenvalue weighted by Crippen LogP contribution is 2.35. The second kappa shape index (κ2) is 7.60. The molecule has 0 spiro atoms. The molecule has 0 saturated heterocycles. The van der Waals surface area contributed by atoms with Crippen molar-refractivity contribution in [3.05, 3.63) is 35.9 Å². The third kappa shape index (κ3) is 4.31. The number of aliphatic carboxylic acids is 1. The Kier molecular flexibility index (Phi) is 5.80. The largest absolute Gasteiger partial charge is 0.481 e. The molecule has 3 heteroatoms. The molecular weight excluding hydrogens is 262 g/mol. The first-order valence-corrected chi connectivity index (χ1v) is 8.14. The van der Waals surface area contributed by atoms with E-state index in [1.54, 1.807) is 0 Å². The third-order valence-electron chi connectivity index (χ3n) is 4.84. The van der Waals surface area contributed by atoms with E-state index >= 15 is 0 Å². The number of hydrogen-bond donors (Lipinski definition) is 1. The van der Waals surface area contributed by atoms with Gasteiger partial charge in [-0.15, -0.1) is 0 Å². The Labute approximate surface area is 128 Å². The number of nitrogens with zero attached hydrogens (tertiary/aromatic N) is 1. The van der Waals surface area contributed by atoms with Gasteiger partial charge in [0.2, 0.25) is 0 Å². The molecule has 1 aliphatic rings. The van der Waals surface area contributed by atoms with Crippen LogP contribution in [0.1, 0.15) is 57.4 Å². The van der Waals surface area contributed by atoms with E-state index in [0.717, 1.165) is 6.54 Å². The Bertz CT molecular complexity index is 438. The molecule has 1 fully saturated rings. The lowest BCUT2D eigenvalue weighted by molar-refractivity contribution is -0.138. The van der Waals surface area contributed by atoms with Gasteiger partial charge in [-0.2, -0.15) is 0 Å². The summed E-state index contributed by atoms with van der Waals surface area (Å²) < 4.78 is 0. The number of hydrogen-bond acceptors (Lipinski definition) is 2. The molecule has 0 amide bonds. The third-order valence-corrected chi connectivity index (χ3v) is 4.84. The first-order valence-electron chi connectivity index (χ1n) is 8.14. The van der Waals surface area contributed by atoms with E-state index in [2.05, 4.69) is 42.2 Å². The molecule has 21 heavy (non-hydrogen) atoms. The molecule has 116 valence electrons. The van der Waals surface area contributed by atoms with E-state index in [1.807, 2.05) is 6.92 Å².